The molecule has 3 N–H and O–H groups in total. The minimum Gasteiger partial charge on any atom is -0.481 e. The Bertz CT molecular complexity index is 352. The topological polar surface area (TPSA) is 94.8 Å². The molecule has 0 aliphatic carbocycles. The summed E-state index contributed by atoms with van der Waals surface area (Å²) in [5.41, 5.74) is 0. The fraction of sp³-hybridized carbons (Fsp3) is 0.789. The average Bonchev–Trinajstić information content (AvgIpc) is 2.51. The lowest BCUT2D eigenvalue weighted by atomic mass is 10.1. The van der Waals surface area contributed by atoms with Crippen LogP contribution in [0, 0.1) is 0 Å². The standard InChI is InChI=1S/C19H34O5/c20-17(14-10-8-12-16-19(23)24)13-9-6-4-2-1-3-5-7-11-15-18(21)22/h6,9,17,20H,1-5,7-8,10-16H2,(H,21,22)(H,23,24). The molecule has 0 aliphatic rings. The SMILES string of the molecule is O=C(O)CCCCCCCCC=CCC(O)CCCCCC(=O)O. The van der Waals surface area contributed by atoms with E-state index in [1.807, 2.05) is 6.08 Å². The average molecular weight is 342 g/mol. The Morgan fingerprint density at radius 2 is 1.21 bits per heavy atom. The first-order valence-corrected chi connectivity index (χ1v) is 9.29. The number of aliphatic hydroxyl groups excluding tert-OH is 1. The van der Waals surface area contributed by atoms with Crippen molar-refractivity contribution < 1.29 is 24.9 Å². The summed E-state index contributed by atoms with van der Waals surface area (Å²) in [5, 5.41) is 26.9. The van der Waals surface area contributed by atoms with Crippen molar-refractivity contribution >= 4 is 11.9 Å². The Labute approximate surface area is 145 Å². The molecule has 0 saturated heterocycles. The van der Waals surface area contributed by atoms with Crippen LogP contribution in [0.4, 0.5) is 0 Å². The van der Waals surface area contributed by atoms with Gasteiger partial charge in [0, 0.05) is 12.8 Å². The number of hydrogen-bond donors (Lipinski definition) is 3. The van der Waals surface area contributed by atoms with Crippen LogP contribution in [0.25, 0.3) is 0 Å². The van der Waals surface area contributed by atoms with Gasteiger partial charge in [-0.1, -0.05) is 50.7 Å². The summed E-state index contributed by atoms with van der Waals surface area (Å²) in [5.74, 6) is -1.46. The Morgan fingerprint density at radius 3 is 1.79 bits per heavy atom. The van der Waals surface area contributed by atoms with Gasteiger partial charge >= 0.3 is 11.9 Å². The summed E-state index contributed by atoms with van der Waals surface area (Å²) in [6, 6.07) is 0. The minimum absolute atomic E-state index is 0.218. The minimum atomic E-state index is -0.751. The second-order valence-corrected chi connectivity index (χ2v) is 6.41. The van der Waals surface area contributed by atoms with Crippen LogP contribution < -0.4 is 0 Å². The molecule has 1 atom stereocenters. The van der Waals surface area contributed by atoms with E-state index in [9.17, 15) is 14.7 Å². The highest BCUT2D eigenvalue weighted by Crippen LogP contribution is 2.11. The second kappa shape index (κ2) is 16.5. The Hall–Kier alpha value is -1.36. The van der Waals surface area contributed by atoms with Gasteiger partial charge in [0.25, 0.3) is 0 Å². The number of aliphatic carboxylic acids is 2. The number of hydrogen-bond acceptors (Lipinski definition) is 3. The van der Waals surface area contributed by atoms with Gasteiger partial charge in [0.05, 0.1) is 6.10 Å². The van der Waals surface area contributed by atoms with Crippen LogP contribution in [0.2, 0.25) is 0 Å². The van der Waals surface area contributed by atoms with E-state index >= 15 is 0 Å². The van der Waals surface area contributed by atoms with E-state index in [1.54, 1.807) is 0 Å². The predicted molar refractivity (Wildman–Crippen MR) is 95.1 cm³/mol. The van der Waals surface area contributed by atoms with Gasteiger partial charge in [0.1, 0.15) is 0 Å². The lowest BCUT2D eigenvalue weighted by Crippen LogP contribution is -2.04. The van der Waals surface area contributed by atoms with E-state index in [0.29, 0.717) is 12.8 Å². The number of carbonyl (C=O) groups is 2. The van der Waals surface area contributed by atoms with Crippen molar-refractivity contribution in [3.05, 3.63) is 12.2 Å². The third-order valence-corrected chi connectivity index (χ3v) is 4.01. The first kappa shape index (κ1) is 22.6. The van der Waals surface area contributed by atoms with Crippen LogP contribution >= 0.6 is 0 Å². The molecule has 5 nitrogen and oxygen atoms in total. The Kier molecular flexibility index (Phi) is 15.6. The van der Waals surface area contributed by atoms with E-state index in [4.69, 9.17) is 10.2 Å². The van der Waals surface area contributed by atoms with Crippen LogP contribution in [-0.2, 0) is 9.59 Å². The molecule has 0 heterocycles. The zero-order valence-corrected chi connectivity index (χ0v) is 14.8. The summed E-state index contributed by atoms with van der Waals surface area (Å²) >= 11 is 0. The highest BCUT2D eigenvalue weighted by atomic mass is 16.4. The summed E-state index contributed by atoms with van der Waals surface area (Å²) in [6.45, 7) is 0. The molecule has 0 aromatic heterocycles. The maximum Gasteiger partial charge on any atom is 0.303 e. The summed E-state index contributed by atoms with van der Waals surface area (Å²) in [4.78, 5) is 20.7. The van der Waals surface area contributed by atoms with Crippen molar-refractivity contribution in [3.63, 3.8) is 0 Å². The van der Waals surface area contributed by atoms with Crippen LogP contribution in [0.5, 0.6) is 0 Å². The van der Waals surface area contributed by atoms with Crippen molar-refractivity contribution in [2.24, 2.45) is 0 Å². The fourth-order valence-corrected chi connectivity index (χ4v) is 2.57. The van der Waals surface area contributed by atoms with Gasteiger partial charge in [-0.3, -0.25) is 9.59 Å². The fourth-order valence-electron chi connectivity index (χ4n) is 2.57. The summed E-state index contributed by atoms with van der Waals surface area (Å²) < 4.78 is 0. The van der Waals surface area contributed by atoms with Crippen molar-refractivity contribution in [1.82, 2.24) is 0 Å². The highest BCUT2D eigenvalue weighted by Gasteiger charge is 2.02. The Morgan fingerprint density at radius 1 is 0.708 bits per heavy atom. The van der Waals surface area contributed by atoms with Crippen molar-refractivity contribution in [1.29, 1.82) is 0 Å². The van der Waals surface area contributed by atoms with Gasteiger partial charge in [-0.15, -0.1) is 0 Å². The number of carboxylic acid groups (broad SMARTS) is 2. The van der Waals surface area contributed by atoms with Gasteiger partial charge in [0.15, 0.2) is 0 Å². The number of unbranched alkanes of at least 4 members (excludes halogenated alkanes) is 8. The molecule has 0 amide bonds. The van der Waals surface area contributed by atoms with Crippen LogP contribution in [0.1, 0.15) is 89.9 Å². The molecular formula is C19H34O5. The smallest absolute Gasteiger partial charge is 0.303 e. The number of aliphatic hydroxyl groups is 1. The molecular weight excluding hydrogens is 308 g/mol. The molecule has 0 radical (unpaired) electrons. The van der Waals surface area contributed by atoms with Crippen molar-refractivity contribution in [2.45, 2.75) is 96.0 Å². The number of rotatable bonds is 17. The lowest BCUT2D eigenvalue weighted by Gasteiger charge is -2.07. The lowest BCUT2D eigenvalue weighted by molar-refractivity contribution is -0.138. The van der Waals surface area contributed by atoms with Gasteiger partial charge in [0.2, 0.25) is 0 Å². The second-order valence-electron chi connectivity index (χ2n) is 6.41. The van der Waals surface area contributed by atoms with E-state index in [1.165, 1.54) is 6.42 Å². The zero-order valence-electron chi connectivity index (χ0n) is 14.8. The van der Waals surface area contributed by atoms with Gasteiger partial charge < -0.3 is 15.3 Å². The maximum atomic E-state index is 10.4. The number of carboxylic acids is 2. The van der Waals surface area contributed by atoms with E-state index in [0.717, 1.165) is 57.8 Å². The van der Waals surface area contributed by atoms with Crippen LogP contribution in [-0.4, -0.2) is 33.4 Å². The molecule has 0 saturated carbocycles. The van der Waals surface area contributed by atoms with E-state index in [2.05, 4.69) is 6.08 Å². The normalized spacial score (nSPS) is 12.5. The largest absolute Gasteiger partial charge is 0.481 e. The highest BCUT2D eigenvalue weighted by molar-refractivity contribution is 5.66. The number of allylic oxidation sites excluding steroid dienone is 1. The molecule has 0 bridgehead atoms. The zero-order chi connectivity index (χ0) is 18.0. The first-order chi connectivity index (χ1) is 11.5. The van der Waals surface area contributed by atoms with Crippen molar-refractivity contribution in [2.75, 3.05) is 0 Å². The molecule has 0 aromatic carbocycles. The Balaban J connectivity index is 3.30. The third-order valence-electron chi connectivity index (χ3n) is 4.01. The molecule has 0 aliphatic heterocycles. The monoisotopic (exact) mass is 342 g/mol. The molecule has 0 fully saturated rings. The molecule has 0 aromatic rings. The third kappa shape index (κ3) is 18.7. The van der Waals surface area contributed by atoms with E-state index < -0.39 is 11.9 Å². The van der Waals surface area contributed by atoms with Crippen LogP contribution in [0.3, 0.4) is 0 Å². The maximum absolute atomic E-state index is 10.4. The van der Waals surface area contributed by atoms with Gasteiger partial charge in [-0.2, -0.15) is 0 Å². The predicted octanol–water partition coefficient (Wildman–Crippen LogP) is 4.53. The summed E-state index contributed by atoms with van der Waals surface area (Å²) in [6.07, 6.45) is 15.6. The molecule has 24 heavy (non-hydrogen) atoms. The van der Waals surface area contributed by atoms with Gasteiger partial charge in [-0.25, -0.2) is 0 Å². The van der Waals surface area contributed by atoms with Crippen LogP contribution in [0.15, 0.2) is 12.2 Å². The molecule has 0 spiro atoms. The molecule has 140 valence electrons. The molecule has 1 unspecified atom stereocenters. The first-order valence-electron chi connectivity index (χ1n) is 9.29. The molecule has 5 heteroatoms. The quantitative estimate of drug-likeness (QED) is 0.266. The van der Waals surface area contributed by atoms with Gasteiger partial charge in [-0.05, 0) is 38.5 Å². The summed E-state index contributed by atoms with van der Waals surface area (Å²) in [7, 11) is 0. The van der Waals surface area contributed by atoms with E-state index in [-0.39, 0.29) is 18.9 Å². The molecule has 0 rings (SSSR count). The van der Waals surface area contributed by atoms with Crippen molar-refractivity contribution in [3.8, 4) is 0 Å².